The third kappa shape index (κ3) is 5.37. The van der Waals surface area contributed by atoms with Gasteiger partial charge in [0, 0.05) is 11.8 Å². The van der Waals surface area contributed by atoms with Crippen LogP contribution in [0.2, 0.25) is 0 Å². The second-order valence-electron chi connectivity index (χ2n) is 4.31. The van der Waals surface area contributed by atoms with Crippen LogP contribution in [0.1, 0.15) is 25.8 Å². The summed E-state index contributed by atoms with van der Waals surface area (Å²) >= 11 is 1.67. The van der Waals surface area contributed by atoms with Crippen LogP contribution in [-0.2, 0) is 6.42 Å². The summed E-state index contributed by atoms with van der Waals surface area (Å²) in [7, 11) is 0. The standard InChI is InChI=1S/C14H21F2NOS/c1-3-11(17)7-10-8-12(15)14(13(16)9-10)18-5-6-19-4-2/h8-9,11H,3-7,17H2,1-2H3. The third-order valence-corrected chi connectivity index (χ3v) is 3.62. The summed E-state index contributed by atoms with van der Waals surface area (Å²) < 4.78 is 32.7. The molecule has 0 aromatic heterocycles. The fraction of sp³-hybridized carbons (Fsp3) is 0.571. The molecule has 1 unspecified atom stereocenters. The maximum atomic E-state index is 13.8. The van der Waals surface area contributed by atoms with Crippen molar-refractivity contribution in [2.45, 2.75) is 32.7 Å². The Labute approximate surface area is 117 Å². The Morgan fingerprint density at radius 2 is 1.89 bits per heavy atom. The van der Waals surface area contributed by atoms with E-state index in [1.54, 1.807) is 11.8 Å². The smallest absolute Gasteiger partial charge is 0.190 e. The highest BCUT2D eigenvalue weighted by Crippen LogP contribution is 2.24. The first-order valence-electron chi connectivity index (χ1n) is 6.52. The van der Waals surface area contributed by atoms with Crippen molar-refractivity contribution in [3.63, 3.8) is 0 Å². The molecular weight excluding hydrogens is 268 g/mol. The number of thioether (sulfide) groups is 1. The molecule has 2 N–H and O–H groups in total. The molecular formula is C14H21F2NOS. The number of rotatable bonds is 8. The van der Waals surface area contributed by atoms with Crippen molar-refractivity contribution < 1.29 is 13.5 Å². The normalized spacial score (nSPS) is 12.5. The van der Waals surface area contributed by atoms with E-state index in [0.29, 0.717) is 18.6 Å². The predicted molar refractivity (Wildman–Crippen MR) is 76.8 cm³/mol. The Morgan fingerprint density at radius 3 is 2.42 bits per heavy atom. The van der Waals surface area contributed by atoms with Crippen molar-refractivity contribution in [3.8, 4) is 5.75 Å². The van der Waals surface area contributed by atoms with E-state index in [1.165, 1.54) is 12.1 Å². The van der Waals surface area contributed by atoms with Crippen LogP contribution < -0.4 is 10.5 Å². The Kier molecular flexibility index (Phi) is 7.16. The minimum Gasteiger partial charge on any atom is -0.487 e. The van der Waals surface area contributed by atoms with Crippen LogP contribution in [0, 0.1) is 11.6 Å². The molecule has 0 spiro atoms. The lowest BCUT2D eigenvalue weighted by Gasteiger charge is -2.12. The lowest BCUT2D eigenvalue weighted by Crippen LogP contribution is -2.21. The Hall–Kier alpha value is -0.810. The van der Waals surface area contributed by atoms with Gasteiger partial charge >= 0.3 is 0 Å². The molecule has 0 aliphatic rings. The molecule has 5 heteroatoms. The number of hydrogen-bond donors (Lipinski definition) is 1. The van der Waals surface area contributed by atoms with E-state index in [9.17, 15) is 8.78 Å². The second kappa shape index (κ2) is 8.38. The first-order chi connectivity index (χ1) is 9.08. The van der Waals surface area contributed by atoms with Gasteiger partial charge in [0.15, 0.2) is 17.4 Å². The van der Waals surface area contributed by atoms with Crippen molar-refractivity contribution >= 4 is 11.8 Å². The fourth-order valence-electron chi connectivity index (χ4n) is 1.66. The summed E-state index contributed by atoms with van der Waals surface area (Å²) in [5.74, 6) is 0.0881. The van der Waals surface area contributed by atoms with E-state index >= 15 is 0 Å². The van der Waals surface area contributed by atoms with Crippen LogP contribution in [0.15, 0.2) is 12.1 Å². The molecule has 0 saturated heterocycles. The number of hydrogen-bond acceptors (Lipinski definition) is 3. The molecule has 19 heavy (non-hydrogen) atoms. The predicted octanol–water partition coefficient (Wildman–Crippen LogP) is 3.38. The Bertz CT molecular complexity index is 378. The van der Waals surface area contributed by atoms with Gasteiger partial charge in [-0.25, -0.2) is 8.78 Å². The summed E-state index contributed by atoms with van der Waals surface area (Å²) in [6.07, 6.45) is 1.24. The van der Waals surface area contributed by atoms with Gasteiger partial charge in [0.25, 0.3) is 0 Å². The molecule has 0 bridgehead atoms. The average Bonchev–Trinajstić information content (AvgIpc) is 2.37. The van der Waals surface area contributed by atoms with Gasteiger partial charge in [-0.1, -0.05) is 13.8 Å². The monoisotopic (exact) mass is 289 g/mol. The van der Waals surface area contributed by atoms with Crippen molar-refractivity contribution in [3.05, 3.63) is 29.3 Å². The average molecular weight is 289 g/mol. The molecule has 1 rings (SSSR count). The molecule has 0 heterocycles. The first-order valence-corrected chi connectivity index (χ1v) is 7.68. The summed E-state index contributed by atoms with van der Waals surface area (Å²) in [5.41, 5.74) is 6.35. The van der Waals surface area contributed by atoms with Gasteiger partial charge in [0.2, 0.25) is 0 Å². The molecule has 0 amide bonds. The van der Waals surface area contributed by atoms with Crippen LogP contribution in [0.5, 0.6) is 5.75 Å². The van der Waals surface area contributed by atoms with Crippen LogP contribution in [-0.4, -0.2) is 24.2 Å². The molecule has 108 valence electrons. The van der Waals surface area contributed by atoms with Gasteiger partial charge in [0.05, 0.1) is 6.61 Å². The molecule has 0 radical (unpaired) electrons. The lowest BCUT2D eigenvalue weighted by atomic mass is 10.0. The van der Waals surface area contributed by atoms with Crippen molar-refractivity contribution in [2.24, 2.45) is 5.73 Å². The first kappa shape index (κ1) is 16.2. The van der Waals surface area contributed by atoms with E-state index in [0.717, 1.165) is 17.9 Å². The third-order valence-electron chi connectivity index (χ3n) is 2.76. The van der Waals surface area contributed by atoms with E-state index in [4.69, 9.17) is 10.5 Å². The maximum Gasteiger partial charge on any atom is 0.190 e. The Morgan fingerprint density at radius 1 is 1.26 bits per heavy atom. The zero-order chi connectivity index (χ0) is 14.3. The number of halogens is 2. The highest BCUT2D eigenvalue weighted by atomic mass is 32.2. The van der Waals surface area contributed by atoms with Gasteiger partial charge in [-0.05, 0) is 36.3 Å². The van der Waals surface area contributed by atoms with Crippen molar-refractivity contribution in [1.29, 1.82) is 0 Å². The number of nitrogens with two attached hydrogens (primary N) is 1. The van der Waals surface area contributed by atoms with E-state index in [2.05, 4.69) is 0 Å². The molecule has 0 aliphatic carbocycles. The highest BCUT2D eigenvalue weighted by Gasteiger charge is 2.13. The summed E-state index contributed by atoms with van der Waals surface area (Å²) in [5, 5.41) is 0. The van der Waals surface area contributed by atoms with Crippen LogP contribution >= 0.6 is 11.8 Å². The zero-order valence-corrected chi connectivity index (χ0v) is 12.2. The molecule has 0 aliphatic heterocycles. The molecule has 1 aromatic rings. The molecule has 1 atom stereocenters. The van der Waals surface area contributed by atoms with Crippen LogP contribution in [0.25, 0.3) is 0 Å². The highest BCUT2D eigenvalue weighted by molar-refractivity contribution is 7.99. The maximum absolute atomic E-state index is 13.8. The Balaban J connectivity index is 2.68. The zero-order valence-electron chi connectivity index (χ0n) is 11.4. The number of benzene rings is 1. The van der Waals surface area contributed by atoms with Gasteiger partial charge in [-0.15, -0.1) is 0 Å². The summed E-state index contributed by atoms with van der Waals surface area (Å²) in [4.78, 5) is 0. The van der Waals surface area contributed by atoms with Crippen LogP contribution in [0.3, 0.4) is 0 Å². The second-order valence-corrected chi connectivity index (χ2v) is 5.70. The number of ether oxygens (including phenoxy) is 1. The molecule has 0 fully saturated rings. The quantitative estimate of drug-likeness (QED) is 0.745. The van der Waals surface area contributed by atoms with Gasteiger partial charge < -0.3 is 10.5 Å². The van der Waals surface area contributed by atoms with Gasteiger partial charge in [0.1, 0.15) is 0 Å². The van der Waals surface area contributed by atoms with Gasteiger partial charge in [-0.3, -0.25) is 0 Å². The van der Waals surface area contributed by atoms with Crippen molar-refractivity contribution in [2.75, 3.05) is 18.1 Å². The van der Waals surface area contributed by atoms with Gasteiger partial charge in [-0.2, -0.15) is 11.8 Å². The fourth-order valence-corrected chi connectivity index (χ4v) is 2.15. The molecule has 2 nitrogen and oxygen atoms in total. The largest absolute Gasteiger partial charge is 0.487 e. The summed E-state index contributed by atoms with van der Waals surface area (Å²) in [6, 6.07) is 2.54. The summed E-state index contributed by atoms with van der Waals surface area (Å²) in [6.45, 7) is 4.28. The van der Waals surface area contributed by atoms with Crippen molar-refractivity contribution in [1.82, 2.24) is 0 Å². The molecule has 1 aromatic carbocycles. The topological polar surface area (TPSA) is 35.2 Å². The SMILES string of the molecule is CCSCCOc1c(F)cc(CC(N)CC)cc1F. The van der Waals surface area contributed by atoms with E-state index < -0.39 is 11.6 Å². The molecule has 0 saturated carbocycles. The van der Waals surface area contributed by atoms with E-state index in [1.807, 2.05) is 13.8 Å². The minimum atomic E-state index is -0.653. The van der Waals surface area contributed by atoms with Crippen LogP contribution in [0.4, 0.5) is 8.78 Å². The minimum absolute atomic E-state index is 0.0773. The lowest BCUT2D eigenvalue weighted by molar-refractivity contribution is 0.305. The van der Waals surface area contributed by atoms with E-state index in [-0.39, 0.29) is 11.8 Å².